The molecular formula is C11H11N3O3S. The average Bonchev–Trinajstić information content (AvgIpc) is 2.69. The fraction of sp³-hybridized carbons (Fsp3) is 0.364. The van der Waals surface area contributed by atoms with E-state index in [9.17, 15) is 14.4 Å². The Hall–Kier alpha value is -1.76. The first kappa shape index (κ1) is 12.7. The van der Waals surface area contributed by atoms with Gasteiger partial charge in [-0.1, -0.05) is 11.8 Å². The maximum absolute atomic E-state index is 11.8. The van der Waals surface area contributed by atoms with Crippen molar-refractivity contribution in [1.82, 2.24) is 9.97 Å². The molecule has 2 rings (SSSR count). The van der Waals surface area contributed by atoms with Crippen LogP contribution in [0.5, 0.6) is 0 Å². The Kier molecular flexibility index (Phi) is 3.71. The predicted octanol–water partition coefficient (Wildman–Crippen LogP) is 0.674. The predicted molar refractivity (Wildman–Crippen MR) is 66.4 cm³/mol. The van der Waals surface area contributed by atoms with Crippen LogP contribution in [0, 0.1) is 0 Å². The lowest BCUT2D eigenvalue weighted by molar-refractivity contribution is -0.117. The first-order valence-corrected chi connectivity index (χ1v) is 6.23. The number of rotatable bonds is 3. The second kappa shape index (κ2) is 5.26. The van der Waals surface area contributed by atoms with E-state index in [0.717, 1.165) is 11.8 Å². The normalized spacial score (nSPS) is 19.1. The highest BCUT2D eigenvalue weighted by Gasteiger charge is 2.33. The van der Waals surface area contributed by atoms with Crippen molar-refractivity contribution in [3.05, 3.63) is 18.0 Å². The standard InChI is InChI=1S/C11H11N3O3S/c1-7(16)18-9-2-10(17)14(5-9)11-12-3-8(6-15)4-13-11/h3-4,6,9H,2,5H2,1H3. The summed E-state index contributed by atoms with van der Waals surface area (Å²) in [4.78, 5) is 42.6. The van der Waals surface area contributed by atoms with Crippen LogP contribution in [0.15, 0.2) is 12.4 Å². The van der Waals surface area contributed by atoms with Gasteiger partial charge < -0.3 is 0 Å². The summed E-state index contributed by atoms with van der Waals surface area (Å²) in [5, 5.41) is -0.0591. The van der Waals surface area contributed by atoms with Crippen LogP contribution in [0.4, 0.5) is 5.95 Å². The largest absolute Gasteiger partial charge is 0.298 e. The van der Waals surface area contributed by atoms with Gasteiger partial charge in [-0.2, -0.15) is 0 Å². The van der Waals surface area contributed by atoms with Crippen LogP contribution >= 0.6 is 11.8 Å². The first-order chi connectivity index (χ1) is 8.60. The molecule has 0 saturated carbocycles. The molecule has 0 spiro atoms. The molecule has 1 amide bonds. The zero-order valence-corrected chi connectivity index (χ0v) is 10.5. The van der Waals surface area contributed by atoms with Crippen LogP contribution in [0.1, 0.15) is 23.7 Å². The van der Waals surface area contributed by atoms with Crippen molar-refractivity contribution in [3.8, 4) is 0 Å². The molecule has 1 aliphatic heterocycles. The SMILES string of the molecule is CC(=O)SC1CC(=O)N(c2ncc(C=O)cn2)C1. The number of anilines is 1. The molecule has 1 unspecified atom stereocenters. The summed E-state index contributed by atoms with van der Waals surface area (Å²) < 4.78 is 0. The van der Waals surface area contributed by atoms with Gasteiger partial charge in [0.05, 0.1) is 5.56 Å². The molecule has 1 aliphatic rings. The van der Waals surface area contributed by atoms with Gasteiger partial charge in [0.25, 0.3) is 0 Å². The molecule has 0 bridgehead atoms. The quantitative estimate of drug-likeness (QED) is 0.747. The van der Waals surface area contributed by atoms with E-state index >= 15 is 0 Å². The highest BCUT2D eigenvalue weighted by molar-refractivity contribution is 8.14. The summed E-state index contributed by atoms with van der Waals surface area (Å²) in [7, 11) is 0. The van der Waals surface area contributed by atoms with Gasteiger partial charge in [-0.25, -0.2) is 9.97 Å². The number of hydrogen-bond acceptors (Lipinski definition) is 6. The Morgan fingerprint density at radius 1 is 1.50 bits per heavy atom. The van der Waals surface area contributed by atoms with Crippen molar-refractivity contribution in [2.45, 2.75) is 18.6 Å². The van der Waals surface area contributed by atoms with Crippen LogP contribution in [0.2, 0.25) is 0 Å². The number of hydrogen-bond donors (Lipinski definition) is 0. The van der Waals surface area contributed by atoms with E-state index in [0.29, 0.717) is 24.8 Å². The third kappa shape index (κ3) is 2.73. The van der Waals surface area contributed by atoms with Gasteiger partial charge in [-0.3, -0.25) is 19.3 Å². The van der Waals surface area contributed by atoms with Crippen molar-refractivity contribution in [2.75, 3.05) is 11.4 Å². The van der Waals surface area contributed by atoms with E-state index < -0.39 is 0 Å². The number of amides is 1. The molecule has 0 aliphatic carbocycles. The van der Waals surface area contributed by atoms with Crippen molar-refractivity contribution in [1.29, 1.82) is 0 Å². The lowest BCUT2D eigenvalue weighted by Crippen LogP contribution is -2.27. The zero-order chi connectivity index (χ0) is 13.1. The van der Waals surface area contributed by atoms with Gasteiger partial charge in [0.1, 0.15) is 0 Å². The van der Waals surface area contributed by atoms with Crippen molar-refractivity contribution >= 4 is 35.0 Å². The van der Waals surface area contributed by atoms with Crippen LogP contribution < -0.4 is 4.90 Å². The molecule has 1 atom stereocenters. The van der Waals surface area contributed by atoms with Gasteiger partial charge in [0.15, 0.2) is 11.4 Å². The van der Waals surface area contributed by atoms with E-state index in [1.807, 2.05) is 0 Å². The average molecular weight is 265 g/mol. The van der Waals surface area contributed by atoms with E-state index in [1.54, 1.807) is 0 Å². The molecule has 1 aromatic rings. The number of aromatic nitrogens is 2. The van der Waals surface area contributed by atoms with Crippen LogP contribution in [-0.4, -0.2) is 39.1 Å². The van der Waals surface area contributed by atoms with Gasteiger partial charge in [-0.05, 0) is 0 Å². The van der Waals surface area contributed by atoms with E-state index in [4.69, 9.17) is 0 Å². The van der Waals surface area contributed by atoms with Gasteiger partial charge in [0, 0.05) is 37.5 Å². The van der Waals surface area contributed by atoms with Crippen molar-refractivity contribution in [2.24, 2.45) is 0 Å². The Labute approximate surface area is 108 Å². The number of aldehydes is 1. The molecule has 1 fully saturated rings. The summed E-state index contributed by atoms with van der Waals surface area (Å²) in [6, 6.07) is 0. The Balaban J connectivity index is 2.11. The highest BCUT2D eigenvalue weighted by Crippen LogP contribution is 2.26. The minimum absolute atomic E-state index is 0.00753. The van der Waals surface area contributed by atoms with Crippen LogP contribution in [0.25, 0.3) is 0 Å². The molecule has 94 valence electrons. The Morgan fingerprint density at radius 3 is 2.72 bits per heavy atom. The third-order valence-electron chi connectivity index (χ3n) is 2.46. The van der Waals surface area contributed by atoms with Gasteiger partial charge >= 0.3 is 0 Å². The second-order valence-electron chi connectivity index (χ2n) is 3.87. The van der Waals surface area contributed by atoms with Crippen molar-refractivity contribution in [3.63, 3.8) is 0 Å². The fourth-order valence-electron chi connectivity index (χ4n) is 1.71. The maximum atomic E-state index is 11.8. The summed E-state index contributed by atoms with van der Waals surface area (Å²) in [6.45, 7) is 1.90. The van der Waals surface area contributed by atoms with E-state index in [1.165, 1.54) is 24.2 Å². The molecule has 1 saturated heterocycles. The van der Waals surface area contributed by atoms with Crippen LogP contribution in [0.3, 0.4) is 0 Å². The molecule has 0 radical (unpaired) electrons. The van der Waals surface area contributed by atoms with Crippen molar-refractivity contribution < 1.29 is 14.4 Å². The molecule has 0 aromatic carbocycles. The second-order valence-corrected chi connectivity index (χ2v) is 5.35. The molecule has 1 aromatic heterocycles. The summed E-state index contributed by atoms with van der Waals surface area (Å²) in [5.41, 5.74) is 0.361. The smallest absolute Gasteiger partial charge is 0.232 e. The monoisotopic (exact) mass is 265 g/mol. The van der Waals surface area contributed by atoms with E-state index in [2.05, 4.69) is 9.97 Å². The van der Waals surface area contributed by atoms with Crippen LogP contribution in [-0.2, 0) is 9.59 Å². The molecule has 18 heavy (non-hydrogen) atoms. The Morgan fingerprint density at radius 2 is 2.17 bits per heavy atom. The summed E-state index contributed by atoms with van der Waals surface area (Å²) >= 11 is 1.16. The number of carbonyl (C=O) groups excluding carboxylic acids is 3. The van der Waals surface area contributed by atoms with Gasteiger partial charge in [0.2, 0.25) is 11.9 Å². The fourth-order valence-corrected chi connectivity index (χ4v) is 2.63. The lowest BCUT2D eigenvalue weighted by Gasteiger charge is -2.13. The van der Waals surface area contributed by atoms with Gasteiger partial charge in [-0.15, -0.1) is 0 Å². The number of thioether (sulfide) groups is 1. The molecule has 0 N–H and O–H groups in total. The molecule has 2 heterocycles. The zero-order valence-electron chi connectivity index (χ0n) is 9.70. The highest BCUT2D eigenvalue weighted by atomic mass is 32.2. The molecular weight excluding hydrogens is 254 g/mol. The Bertz CT molecular complexity index is 489. The number of carbonyl (C=O) groups is 3. The minimum atomic E-state index is -0.104. The third-order valence-corrected chi connectivity index (χ3v) is 3.44. The summed E-state index contributed by atoms with van der Waals surface area (Å²) in [5.74, 6) is 0.171. The molecule has 6 nitrogen and oxygen atoms in total. The van der Waals surface area contributed by atoms with E-state index in [-0.39, 0.29) is 22.2 Å². The lowest BCUT2D eigenvalue weighted by atomic mass is 10.4. The molecule has 7 heteroatoms. The maximum Gasteiger partial charge on any atom is 0.232 e. The minimum Gasteiger partial charge on any atom is -0.298 e. The topological polar surface area (TPSA) is 80.2 Å². The summed E-state index contributed by atoms with van der Waals surface area (Å²) in [6.07, 6.45) is 3.69. The number of nitrogens with zero attached hydrogens (tertiary/aromatic N) is 3. The first-order valence-electron chi connectivity index (χ1n) is 5.35.